The predicted molar refractivity (Wildman–Crippen MR) is 52.7 cm³/mol. The average molecular weight is 185 g/mol. The molecule has 1 rings (SSSR count). The molecule has 0 aromatic rings. The zero-order valence-electron chi connectivity index (χ0n) is 8.47. The Morgan fingerprint density at radius 1 is 1.54 bits per heavy atom. The van der Waals surface area contributed by atoms with Crippen LogP contribution in [0.1, 0.15) is 19.8 Å². The van der Waals surface area contributed by atoms with E-state index in [2.05, 4.69) is 22.5 Å². The third kappa shape index (κ3) is 4.72. The van der Waals surface area contributed by atoms with Gasteiger partial charge in [0.05, 0.1) is 0 Å². The summed E-state index contributed by atoms with van der Waals surface area (Å²) in [6, 6.07) is 0.427. The van der Waals surface area contributed by atoms with Gasteiger partial charge in [-0.05, 0) is 26.4 Å². The standard InChI is InChI=1S/C9H19N3O/c1-3-12(2)7-6-10-9(13)11-8-4-5-8/h8H,3-7H2,1-2H3,(H2,10,11,13). The van der Waals surface area contributed by atoms with Gasteiger partial charge >= 0.3 is 6.03 Å². The highest BCUT2D eigenvalue weighted by Gasteiger charge is 2.22. The Hall–Kier alpha value is -0.770. The van der Waals surface area contributed by atoms with Crippen molar-refractivity contribution in [2.75, 3.05) is 26.7 Å². The summed E-state index contributed by atoms with van der Waals surface area (Å²) in [5.74, 6) is 0. The molecule has 1 aliphatic carbocycles. The van der Waals surface area contributed by atoms with Gasteiger partial charge in [-0.25, -0.2) is 4.79 Å². The van der Waals surface area contributed by atoms with Crippen LogP contribution in [0.2, 0.25) is 0 Å². The molecule has 0 radical (unpaired) electrons. The second-order valence-electron chi connectivity index (χ2n) is 3.57. The molecule has 0 aliphatic heterocycles. The van der Waals surface area contributed by atoms with Crippen LogP contribution in [0.25, 0.3) is 0 Å². The molecule has 2 N–H and O–H groups in total. The monoisotopic (exact) mass is 185 g/mol. The normalized spacial score (nSPS) is 15.9. The lowest BCUT2D eigenvalue weighted by atomic mass is 10.5. The summed E-state index contributed by atoms with van der Waals surface area (Å²) >= 11 is 0. The Kier molecular flexibility index (Phi) is 4.02. The molecule has 0 aromatic carbocycles. The van der Waals surface area contributed by atoms with Crippen LogP contribution >= 0.6 is 0 Å². The number of hydrogen-bond donors (Lipinski definition) is 2. The molecule has 0 aromatic heterocycles. The summed E-state index contributed by atoms with van der Waals surface area (Å²) in [6.07, 6.45) is 2.28. The van der Waals surface area contributed by atoms with Crippen molar-refractivity contribution in [1.29, 1.82) is 0 Å². The molecule has 0 heterocycles. The van der Waals surface area contributed by atoms with Crippen molar-refractivity contribution in [2.45, 2.75) is 25.8 Å². The van der Waals surface area contributed by atoms with E-state index in [0.29, 0.717) is 6.04 Å². The number of nitrogens with zero attached hydrogens (tertiary/aromatic N) is 1. The minimum Gasteiger partial charge on any atom is -0.337 e. The van der Waals surface area contributed by atoms with Crippen LogP contribution in [0.4, 0.5) is 4.79 Å². The highest BCUT2D eigenvalue weighted by atomic mass is 16.2. The molecule has 2 amide bonds. The van der Waals surface area contributed by atoms with E-state index in [9.17, 15) is 4.79 Å². The van der Waals surface area contributed by atoms with Crippen LogP contribution in [-0.4, -0.2) is 43.7 Å². The fourth-order valence-corrected chi connectivity index (χ4v) is 0.983. The molecule has 0 atom stereocenters. The number of carbonyl (C=O) groups is 1. The number of nitrogens with one attached hydrogen (secondary N) is 2. The van der Waals surface area contributed by atoms with E-state index in [1.54, 1.807) is 0 Å². The second kappa shape index (κ2) is 5.07. The van der Waals surface area contributed by atoms with Crippen LogP contribution in [0.5, 0.6) is 0 Å². The highest BCUT2D eigenvalue weighted by Crippen LogP contribution is 2.17. The van der Waals surface area contributed by atoms with Crippen molar-refractivity contribution < 1.29 is 4.79 Å². The van der Waals surface area contributed by atoms with Crippen molar-refractivity contribution in [3.05, 3.63) is 0 Å². The molecular weight excluding hydrogens is 166 g/mol. The minimum atomic E-state index is -0.0213. The van der Waals surface area contributed by atoms with Gasteiger partial charge in [0, 0.05) is 19.1 Å². The van der Waals surface area contributed by atoms with Gasteiger partial charge in [0.2, 0.25) is 0 Å². The smallest absolute Gasteiger partial charge is 0.315 e. The number of urea groups is 1. The summed E-state index contributed by atoms with van der Waals surface area (Å²) in [6.45, 7) is 4.76. The van der Waals surface area contributed by atoms with Crippen molar-refractivity contribution in [2.24, 2.45) is 0 Å². The van der Waals surface area contributed by atoms with Crippen LogP contribution in [-0.2, 0) is 0 Å². The first-order chi connectivity index (χ1) is 6.22. The minimum absolute atomic E-state index is 0.0213. The number of carbonyl (C=O) groups excluding carboxylic acids is 1. The molecule has 0 spiro atoms. The SMILES string of the molecule is CCN(C)CCNC(=O)NC1CC1. The zero-order valence-corrected chi connectivity index (χ0v) is 8.47. The van der Waals surface area contributed by atoms with Gasteiger partial charge in [0.1, 0.15) is 0 Å². The number of hydrogen-bond acceptors (Lipinski definition) is 2. The van der Waals surface area contributed by atoms with E-state index in [0.717, 1.165) is 32.5 Å². The first-order valence-electron chi connectivity index (χ1n) is 4.95. The Labute approximate surface area is 79.7 Å². The van der Waals surface area contributed by atoms with Gasteiger partial charge < -0.3 is 15.5 Å². The van der Waals surface area contributed by atoms with E-state index in [1.807, 2.05) is 7.05 Å². The summed E-state index contributed by atoms with van der Waals surface area (Å²) in [4.78, 5) is 13.3. The van der Waals surface area contributed by atoms with Gasteiger partial charge in [-0.3, -0.25) is 0 Å². The lowest BCUT2D eigenvalue weighted by Crippen LogP contribution is -2.40. The fourth-order valence-electron chi connectivity index (χ4n) is 0.983. The first-order valence-corrected chi connectivity index (χ1v) is 4.95. The number of amides is 2. The molecule has 0 unspecified atom stereocenters. The van der Waals surface area contributed by atoms with Crippen LogP contribution < -0.4 is 10.6 Å². The average Bonchev–Trinajstić information content (AvgIpc) is 2.88. The largest absolute Gasteiger partial charge is 0.337 e. The summed E-state index contributed by atoms with van der Waals surface area (Å²) in [7, 11) is 2.04. The quantitative estimate of drug-likeness (QED) is 0.651. The maximum atomic E-state index is 11.1. The van der Waals surface area contributed by atoms with Crippen LogP contribution in [0, 0.1) is 0 Å². The molecule has 0 saturated heterocycles. The highest BCUT2D eigenvalue weighted by molar-refractivity contribution is 5.74. The van der Waals surface area contributed by atoms with Crippen LogP contribution in [0.3, 0.4) is 0 Å². The van der Waals surface area contributed by atoms with Gasteiger partial charge in [-0.1, -0.05) is 6.92 Å². The predicted octanol–water partition coefficient (Wildman–Crippen LogP) is 0.400. The van der Waals surface area contributed by atoms with Crippen molar-refractivity contribution in [1.82, 2.24) is 15.5 Å². The molecule has 0 bridgehead atoms. The number of rotatable bonds is 5. The Bertz CT molecular complexity index is 168. The lowest BCUT2D eigenvalue weighted by Gasteiger charge is -2.14. The van der Waals surface area contributed by atoms with E-state index in [1.165, 1.54) is 0 Å². The third-order valence-corrected chi connectivity index (χ3v) is 2.23. The van der Waals surface area contributed by atoms with E-state index >= 15 is 0 Å². The summed E-state index contributed by atoms with van der Waals surface area (Å²) in [5.41, 5.74) is 0. The van der Waals surface area contributed by atoms with Gasteiger partial charge in [-0.15, -0.1) is 0 Å². The molecule has 1 aliphatic rings. The van der Waals surface area contributed by atoms with Crippen molar-refractivity contribution >= 4 is 6.03 Å². The maximum Gasteiger partial charge on any atom is 0.315 e. The molecular formula is C9H19N3O. The van der Waals surface area contributed by atoms with Gasteiger partial charge in [0.15, 0.2) is 0 Å². The Morgan fingerprint density at radius 2 is 2.23 bits per heavy atom. The zero-order chi connectivity index (χ0) is 9.68. The molecule has 4 heteroatoms. The molecule has 76 valence electrons. The maximum absolute atomic E-state index is 11.1. The van der Waals surface area contributed by atoms with Gasteiger partial charge in [0.25, 0.3) is 0 Å². The molecule has 13 heavy (non-hydrogen) atoms. The van der Waals surface area contributed by atoms with Gasteiger partial charge in [-0.2, -0.15) is 0 Å². The Morgan fingerprint density at radius 3 is 2.77 bits per heavy atom. The summed E-state index contributed by atoms with van der Waals surface area (Å²) < 4.78 is 0. The lowest BCUT2D eigenvalue weighted by molar-refractivity contribution is 0.238. The first kappa shape index (κ1) is 10.3. The fraction of sp³-hybridized carbons (Fsp3) is 0.889. The Balaban J connectivity index is 1.94. The van der Waals surface area contributed by atoms with E-state index in [4.69, 9.17) is 0 Å². The molecule has 1 saturated carbocycles. The molecule has 1 fully saturated rings. The van der Waals surface area contributed by atoms with Crippen molar-refractivity contribution in [3.8, 4) is 0 Å². The molecule has 4 nitrogen and oxygen atoms in total. The van der Waals surface area contributed by atoms with Crippen LogP contribution in [0.15, 0.2) is 0 Å². The number of likely N-dealkylation sites (N-methyl/N-ethyl adjacent to an activating group) is 1. The third-order valence-electron chi connectivity index (χ3n) is 2.23. The van der Waals surface area contributed by atoms with E-state index < -0.39 is 0 Å². The second-order valence-corrected chi connectivity index (χ2v) is 3.57. The van der Waals surface area contributed by atoms with E-state index in [-0.39, 0.29) is 6.03 Å². The van der Waals surface area contributed by atoms with Crippen molar-refractivity contribution in [3.63, 3.8) is 0 Å². The topological polar surface area (TPSA) is 44.4 Å². The summed E-state index contributed by atoms with van der Waals surface area (Å²) in [5, 5.41) is 5.70.